The second-order valence-electron chi connectivity index (χ2n) is 6.34. The standard InChI is InChI=1S/C17H19ClN4O4/c18-11-8-13-14(26-7-6-25-13)9-12(11)19-16(23)10-22-17(24)21-5-3-1-2-4-15(21)20-22/h8-9H,1-7,10H2,(H,19,23). The van der Waals surface area contributed by atoms with E-state index in [2.05, 4.69) is 10.4 Å². The van der Waals surface area contributed by atoms with Gasteiger partial charge in [-0.25, -0.2) is 9.48 Å². The summed E-state index contributed by atoms with van der Waals surface area (Å²) in [5.74, 6) is 1.45. The summed E-state index contributed by atoms with van der Waals surface area (Å²) in [7, 11) is 0. The van der Waals surface area contributed by atoms with E-state index in [1.165, 1.54) is 4.68 Å². The smallest absolute Gasteiger partial charge is 0.346 e. The molecule has 138 valence electrons. The highest BCUT2D eigenvalue weighted by molar-refractivity contribution is 6.34. The summed E-state index contributed by atoms with van der Waals surface area (Å²) in [5.41, 5.74) is 0.167. The highest BCUT2D eigenvalue weighted by atomic mass is 35.5. The van der Waals surface area contributed by atoms with E-state index in [0.717, 1.165) is 31.5 Å². The lowest BCUT2D eigenvalue weighted by molar-refractivity contribution is -0.117. The first-order valence-corrected chi connectivity index (χ1v) is 9.05. The van der Waals surface area contributed by atoms with Crippen LogP contribution in [-0.2, 0) is 24.3 Å². The highest BCUT2D eigenvalue weighted by Gasteiger charge is 2.19. The first kappa shape index (κ1) is 17.0. The molecular formula is C17H19ClN4O4. The number of aromatic nitrogens is 3. The van der Waals surface area contributed by atoms with Gasteiger partial charge in [0.15, 0.2) is 11.5 Å². The molecule has 2 aliphatic rings. The van der Waals surface area contributed by atoms with Gasteiger partial charge in [0.2, 0.25) is 5.91 Å². The summed E-state index contributed by atoms with van der Waals surface area (Å²) < 4.78 is 13.8. The second-order valence-corrected chi connectivity index (χ2v) is 6.75. The molecule has 9 heteroatoms. The van der Waals surface area contributed by atoms with Gasteiger partial charge in [0.1, 0.15) is 25.6 Å². The van der Waals surface area contributed by atoms with E-state index in [-0.39, 0.29) is 18.1 Å². The number of nitrogens with one attached hydrogen (secondary N) is 1. The van der Waals surface area contributed by atoms with Crippen LogP contribution in [0.3, 0.4) is 0 Å². The maximum absolute atomic E-state index is 12.4. The predicted octanol–water partition coefficient (Wildman–Crippen LogP) is 1.83. The number of hydrogen-bond donors (Lipinski definition) is 1. The molecule has 1 amide bonds. The minimum absolute atomic E-state index is 0.163. The summed E-state index contributed by atoms with van der Waals surface area (Å²) in [4.78, 5) is 24.8. The molecule has 2 aromatic rings. The Kier molecular flexibility index (Phi) is 4.58. The monoisotopic (exact) mass is 378 g/mol. The number of anilines is 1. The van der Waals surface area contributed by atoms with E-state index >= 15 is 0 Å². The number of halogens is 1. The molecule has 2 aliphatic heterocycles. The van der Waals surface area contributed by atoms with Crippen LogP contribution in [0.25, 0.3) is 0 Å². The van der Waals surface area contributed by atoms with Crippen LogP contribution in [0, 0.1) is 0 Å². The van der Waals surface area contributed by atoms with Gasteiger partial charge in [0.25, 0.3) is 0 Å². The van der Waals surface area contributed by atoms with E-state index < -0.39 is 0 Å². The van der Waals surface area contributed by atoms with E-state index in [0.29, 0.717) is 42.0 Å². The fourth-order valence-corrected chi connectivity index (χ4v) is 3.41. The average molecular weight is 379 g/mol. The van der Waals surface area contributed by atoms with Crippen LogP contribution in [0.2, 0.25) is 5.02 Å². The molecular weight excluding hydrogens is 360 g/mol. The van der Waals surface area contributed by atoms with Crippen LogP contribution in [0.4, 0.5) is 5.69 Å². The SMILES string of the molecule is O=C(Cn1nc2n(c1=O)CCCCC2)Nc1cc2c(cc1Cl)OCCO2. The predicted molar refractivity (Wildman–Crippen MR) is 95.1 cm³/mol. The maximum atomic E-state index is 12.4. The fourth-order valence-electron chi connectivity index (χ4n) is 3.21. The number of benzene rings is 1. The zero-order valence-corrected chi connectivity index (χ0v) is 14.9. The van der Waals surface area contributed by atoms with Gasteiger partial charge < -0.3 is 14.8 Å². The van der Waals surface area contributed by atoms with Crippen molar-refractivity contribution in [2.75, 3.05) is 18.5 Å². The molecule has 4 rings (SSSR count). The fraction of sp³-hybridized carbons (Fsp3) is 0.471. The van der Waals surface area contributed by atoms with Gasteiger partial charge in [0, 0.05) is 25.1 Å². The second kappa shape index (κ2) is 7.03. The van der Waals surface area contributed by atoms with Crippen molar-refractivity contribution in [3.8, 4) is 11.5 Å². The lowest BCUT2D eigenvalue weighted by Gasteiger charge is -2.20. The number of carbonyl (C=O) groups is 1. The summed E-state index contributed by atoms with van der Waals surface area (Å²) in [6.45, 7) is 1.40. The van der Waals surface area contributed by atoms with Crippen molar-refractivity contribution in [2.45, 2.75) is 38.8 Å². The Hall–Kier alpha value is -2.48. The van der Waals surface area contributed by atoms with Crippen LogP contribution in [0.15, 0.2) is 16.9 Å². The Morgan fingerprint density at radius 2 is 1.96 bits per heavy atom. The quantitative estimate of drug-likeness (QED) is 0.880. The Labute approximate surface area is 154 Å². The molecule has 0 saturated carbocycles. The van der Waals surface area contributed by atoms with Crippen molar-refractivity contribution < 1.29 is 14.3 Å². The normalized spacial score (nSPS) is 15.9. The van der Waals surface area contributed by atoms with Gasteiger partial charge in [-0.15, -0.1) is 0 Å². The minimum Gasteiger partial charge on any atom is -0.486 e. The molecule has 0 bridgehead atoms. The topological polar surface area (TPSA) is 87.4 Å². The lowest BCUT2D eigenvalue weighted by Crippen LogP contribution is -2.30. The number of carbonyl (C=O) groups excluding carboxylic acids is 1. The Balaban J connectivity index is 1.50. The molecule has 0 unspecified atom stereocenters. The van der Waals surface area contributed by atoms with Gasteiger partial charge in [-0.1, -0.05) is 18.0 Å². The molecule has 0 aliphatic carbocycles. The van der Waals surface area contributed by atoms with Crippen LogP contribution >= 0.6 is 11.6 Å². The molecule has 0 spiro atoms. The minimum atomic E-state index is -0.376. The Bertz CT molecular complexity index is 905. The molecule has 1 N–H and O–H groups in total. The first-order chi connectivity index (χ1) is 12.6. The number of fused-ring (bicyclic) bond motifs is 2. The molecule has 0 fully saturated rings. The average Bonchev–Trinajstić information content (AvgIpc) is 2.79. The van der Waals surface area contributed by atoms with Crippen LogP contribution in [0.5, 0.6) is 11.5 Å². The van der Waals surface area contributed by atoms with Crippen molar-refractivity contribution in [2.24, 2.45) is 0 Å². The van der Waals surface area contributed by atoms with Gasteiger partial charge >= 0.3 is 5.69 Å². The van der Waals surface area contributed by atoms with Crippen molar-refractivity contribution >= 4 is 23.2 Å². The summed E-state index contributed by atoms with van der Waals surface area (Å²) >= 11 is 6.20. The third kappa shape index (κ3) is 3.29. The largest absolute Gasteiger partial charge is 0.486 e. The van der Waals surface area contributed by atoms with Crippen LogP contribution in [-0.4, -0.2) is 33.5 Å². The van der Waals surface area contributed by atoms with E-state index in [4.69, 9.17) is 21.1 Å². The van der Waals surface area contributed by atoms with Crippen molar-refractivity contribution in [1.29, 1.82) is 0 Å². The zero-order valence-electron chi connectivity index (χ0n) is 14.2. The third-order valence-corrected chi connectivity index (χ3v) is 4.79. The van der Waals surface area contributed by atoms with Gasteiger partial charge in [0.05, 0.1) is 10.7 Å². The van der Waals surface area contributed by atoms with Crippen molar-refractivity contribution in [1.82, 2.24) is 14.3 Å². The molecule has 1 aromatic carbocycles. The van der Waals surface area contributed by atoms with E-state index in [1.54, 1.807) is 16.7 Å². The lowest BCUT2D eigenvalue weighted by atomic mass is 10.2. The Morgan fingerprint density at radius 3 is 2.77 bits per heavy atom. The Morgan fingerprint density at radius 1 is 1.19 bits per heavy atom. The maximum Gasteiger partial charge on any atom is 0.346 e. The molecule has 0 radical (unpaired) electrons. The molecule has 0 saturated heterocycles. The summed E-state index contributed by atoms with van der Waals surface area (Å²) in [6.07, 6.45) is 3.82. The zero-order chi connectivity index (χ0) is 18.1. The van der Waals surface area contributed by atoms with Gasteiger partial charge in [-0.3, -0.25) is 9.36 Å². The number of amides is 1. The highest BCUT2D eigenvalue weighted by Crippen LogP contribution is 2.37. The van der Waals surface area contributed by atoms with Crippen LogP contribution in [0.1, 0.15) is 25.1 Å². The van der Waals surface area contributed by atoms with Crippen LogP contribution < -0.4 is 20.5 Å². The molecule has 26 heavy (non-hydrogen) atoms. The molecule has 0 atom stereocenters. The molecule has 1 aromatic heterocycles. The van der Waals surface area contributed by atoms with Crippen molar-refractivity contribution in [3.05, 3.63) is 33.5 Å². The van der Waals surface area contributed by atoms with Gasteiger partial charge in [-0.05, 0) is 12.8 Å². The van der Waals surface area contributed by atoms with Crippen molar-refractivity contribution in [3.63, 3.8) is 0 Å². The third-order valence-electron chi connectivity index (χ3n) is 4.48. The molecule has 8 nitrogen and oxygen atoms in total. The number of nitrogens with zero attached hydrogens (tertiary/aromatic N) is 3. The number of ether oxygens (including phenoxy) is 2. The molecule has 3 heterocycles. The van der Waals surface area contributed by atoms with E-state index in [1.807, 2.05) is 0 Å². The summed E-state index contributed by atoms with van der Waals surface area (Å²) in [6, 6.07) is 3.23. The summed E-state index contributed by atoms with van der Waals surface area (Å²) in [5, 5.41) is 7.37. The number of rotatable bonds is 3. The van der Waals surface area contributed by atoms with E-state index in [9.17, 15) is 9.59 Å². The number of hydrogen-bond acceptors (Lipinski definition) is 5. The van der Waals surface area contributed by atoms with Gasteiger partial charge in [-0.2, -0.15) is 5.10 Å². The first-order valence-electron chi connectivity index (χ1n) is 8.67. The number of aryl methyl sites for hydroxylation is 1.